The molecule has 0 saturated heterocycles. The molecule has 5 nitrogen and oxygen atoms in total. The predicted octanol–water partition coefficient (Wildman–Crippen LogP) is 3.08. The summed E-state index contributed by atoms with van der Waals surface area (Å²) in [5, 5.41) is 3.45. The minimum absolute atomic E-state index is 0.335. The van der Waals surface area contributed by atoms with Crippen LogP contribution in [0.4, 0.5) is 11.5 Å². The van der Waals surface area contributed by atoms with Crippen molar-refractivity contribution in [1.82, 2.24) is 4.98 Å². The van der Waals surface area contributed by atoms with Gasteiger partial charge in [0.15, 0.2) is 0 Å². The molecule has 1 fully saturated rings. The smallest absolute Gasteiger partial charge is 0.340 e. The van der Waals surface area contributed by atoms with Crippen molar-refractivity contribution in [2.45, 2.75) is 46.1 Å². The second kappa shape index (κ2) is 6.78. The Morgan fingerprint density at radius 2 is 2.24 bits per heavy atom. The molecule has 3 N–H and O–H groups in total. The maximum atomic E-state index is 11.9. The van der Waals surface area contributed by atoms with Gasteiger partial charge in [0.1, 0.15) is 5.82 Å². The highest BCUT2D eigenvalue weighted by molar-refractivity contribution is 5.95. The molecule has 21 heavy (non-hydrogen) atoms. The third-order valence-electron chi connectivity index (χ3n) is 4.51. The van der Waals surface area contributed by atoms with Gasteiger partial charge in [-0.05, 0) is 37.7 Å². The molecule has 1 saturated carbocycles. The molecule has 0 radical (unpaired) electrons. The van der Waals surface area contributed by atoms with E-state index in [0.29, 0.717) is 35.6 Å². The van der Waals surface area contributed by atoms with E-state index in [0.717, 1.165) is 12.3 Å². The summed E-state index contributed by atoms with van der Waals surface area (Å²) in [6.07, 6.45) is 5.11. The summed E-state index contributed by atoms with van der Waals surface area (Å²) in [6, 6.07) is 2.10. The molecular formula is C16H25N3O2. The fraction of sp³-hybridized carbons (Fsp3) is 0.625. The molecule has 116 valence electrons. The molecule has 1 aromatic heterocycles. The van der Waals surface area contributed by atoms with Crippen LogP contribution in [0, 0.1) is 11.8 Å². The fourth-order valence-electron chi connectivity index (χ4n) is 3.15. The number of nitrogens with zero attached hydrogens (tertiary/aromatic N) is 1. The summed E-state index contributed by atoms with van der Waals surface area (Å²) in [7, 11) is 0. The summed E-state index contributed by atoms with van der Waals surface area (Å²) >= 11 is 0. The number of esters is 1. The lowest BCUT2D eigenvalue weighted by Crippen LogP contribution is -2.25. The number of aromatic nitrogens is 1. The van der Waals surface area contributed by atoms with Crippen LogP contribution in [0.3, 0.4) is 0 Å². The van der Waals surface area contributed by atoms with Crippen LogP contribution in [0.1, 0.15) is 50.4 Å². The van der Waals surface area contributed by atoms with E-state index in [2.05, 4.69) is 24.1 Å². The number of hydrogen-bond donors (Lipinski definition) is 2. The number of ether oxygens (including phenoxy) is 1. The van der Waals surface area contributed by atoms with Gasteiger partial charge in [0, 0.05) is 6.04 Å². The lowest BCUT2D eigenvalue weighted by atomic mass is 9.93. The molecule has 0 bridgehead atoms. The number of nitrogens with two attached hydrogens (primary N) is 1. The quantitative estimate of drug-likeness (QED) is 0.815. The first-order chi connectivity index (χ1) is 10.1. The van der Waals surface area contributed by atoms with Crippen molar-refractivity contribution in [1.29, 1.82) is 0 Å². The van der Waals surface area contributed by atoms with Crippen LogP contribution in [0.5, 0.6) is 0 Å². The van der Waals surface area contributed by atoms with Gasteiger partial charge in [0.2, 0.25) is 0 Å². The van der Waals surface area contributed by atoms with E-state index in [9.17, 15) is 4.79 Å². The number of carbonyl (C=O) groups excluding carboxylic acids is 1. The van der Waals surface area contributed by atoms with Crippen molar-refractivity contribution in [3.8, 4) is 0 Å². The average molecular weight is 291 g/mol. The molecular weight excluding hydrogens is 266 g/mol. The Hall–Kier alpha value is -1.78. The number of hydrogen-bond acceptors (Lipinski definition) is 5. The van der Waals surface area contributed by atoms with Gasteiger partial charge in [0.25, 0.3) is 0 Å². The number of carbonyl (C=O) groups is 1. The van der Waals surface area contributed by atoms with E-state index in [4.69, 9.17) is 10.5 Å². The van der Waals surface area contributed by atoms with E-state index in [-0.39, 0.29) is 0 Å². The van der Waals surface area contributed by atoms with E-state index < -0.39 is 5.97 Å². The summed E-state index contributed by atoms with van der Waals surface area (Å²) in [5.41, 5.74) is 6.54. The van der Waals surface area contributed by atoms with Crippen LogP contribution in [-0.4, -0.2) is 23.6 Å². The molecule has 1 aliphatic rings. The second-order valence-electron chi connectivity index (χ2n) is 5.73. The van der Waals surface area contributed by atoms with Gasteiger partial charge >= 0.3 is 5.97 Å². The third kappa shape index (κ3) is 3.46. The molecule has 5 heteroatoms. The standard InChI is InChI=1S/C16H25N3O2/c1-4-11-6-7-14(10(11)3)19-15-8-12(13(17)9-18-15)16(20)21-5-2/h8-11,14H,4-7,17H2,1-3H3,(H,18,19). The Labute approximate surface area is 126 Å². The van der Waals surface area contributed by atoms with Crippen LogP contribution < -0.4 is 11.1 Å². The lowest BCUT2D eigenvalue weighted by molar-refractivity contribution is 0.0527. The monoisotopic (exact) mass is 291 g/mol. The molecule has 0 aliphatic heterocycles. The third-order valence-corrected chi connectivity index (χ3v) is 4.51. The first-order valence-corrected chi connectivity index (χ1v) is 7.76. The van der Waals surface area contributed by atoms with Gasteiger partial charge in [-0.3, -0.25) is 0 Å². The topological polar surface area (TPSA) is 77.2 Å². The van der Waals surface area contributed by atoms with Crippen LogP contribution in [-0.2, 0) is 4.74 Å². The SMILES string of the molecule is CCOC(=O)c1cc(NC2CCC(CC)C2C)ncc1N. The minimum atomic E-state index is -0.397. The Bertz CT molecular complexity index is 504. The fourth-order valence-corrected chi connectivity index (χ4v) is 3.15. The molecule has 2 rings (SSSR count). The number of nitrogens with one attached hydrogen (secondary N) is 1. The van der Waals surface area contributed by atoms with Gasteiger partial charge in [-0.1, -0.05) is 20.3 Å². The zero-order chi connectivity index (χ0) is 15.4. The first kappa shape index (κ1) is 15.6. The molecule has 0 amide bonds. The number of nitrogen functional groups attached to an aromatic ring is 1. The van der Waals surface area contributed by atoms with E-state index in [1.54, 1.807) is 13.0 Å². The van der Waals surface area contributed by atoms with E-state index in [1.165, 1.54) is 19.0 Å². The summed E-state index contributed by atoms with van der Waals surface area (Å²) in [6.45, 7) is 6.63. The highest BCUT2D eigenvalue weighted by Crippen LogP contribution is 2.35. The molecule has 0 aromatic carbocycles. The maximum absolute atomic E-state index is 11.9. The van der Waals surface area contributed by atoms with Crippen molar-refractivity contribution in [2.24, 2.45) is 11.8 Å². The zero-order valence-corrected chi connectivity index (χ0v) is 13.1. The van der Waals surface area contributed by atoms with Crippen LogP contribution in [0.15, 0.2) is 12.3 Å². The molecule has 1 heterocycles. The van der Waals surface area contributed by atoms with E-state index in [1.807, 2.05) is 0 Å². The van der Waals surface area contributed by atoms with Gasteiger partial charge in [0.05, 0.1) is 24.1 Å². The van der Waals surface area contributed by atoms with Crippen molar-refractivity contribution >= 4 is 17.5 Å². The Balaban J connectivity index is 2.11. The minimum Gasteiger partial charge on any atom is -0.462 e. The molecule has 3 atom stereocenters. The van der Waals surface area contributed by atoms with Crippen molar-refractivity contribution < 1.29 is 9.53 Å². The van der Waals surface area contributed by atoms with Crippen LogP contribution in [0.2, 0.25) is 0 Å². The first-order valence-electron chi connectivity index (χ1n) is 7.76. The predicted molar refractivity (Wildman–Crippen MR) is 84.2 cm³/mol. The maximum Gasteiger partial charge on any atom is 0.340 e. The highest BCUT2D eigenvalue weighted by Gasteiger charge is 2.31. The van der Waals surface area contributed by atoms with Gasteiger partial charge in [-0.25, -0.2) is 9.78 Å². The second-order valence-corrected chi connectivity index (χ2v) is 5.73. The number of anilines is 2. The molecule has 1 aliphatic carbocycles. The zero-order valence-electron chi connectivity index (χ0n) is 13.1. The normalized spacial score (nSPS) is 24.8. The number of pyridine rings is 1. The highest BCUT2D eigenvalue weighted by atomic mass is 16.5. The van der Waals surface area contributed by atoms with Gasteiger partial charge < -0.3 is 15.8 Å². The summed E-state index contributed by atoms with van der Waals surface area (Å²) in [5.74, 6) is 1.67. The molecule has 1 aromatic rings. The van der Waals surface area contributed by atoms with Crippen molar-refractivity contribution in [2.75, 3.05) is 17.7 Å². The molecule has 0 spiro atoms. The summed E-state index contributed by atoms with van der Waals surface area (Å²) in [4.78, 5) is 16.1. The van der Waals surface area contributed by atoms with Gasteiger partial charge in [-0.2, -0.15) is 0 Å². The summed E-state index contributed by atoms with van der Waals surface area (Å²) < 4.78 is 5.01. The largest absolute Gasteiger partial charge is 0.462 e. The van der Waals surface area contributed by atoms with Crippen molar-refractivity contribution in [3.63, 3.8) is 0 Å². The number of rotatable bonds is 5. The lowest BCUT2D eigenvalue weighted by Gasteiger charge is -2.21. The average Bonchev–Trinajstić information content (AvgIpc) is 2.82. The van der Waals surface area contributed by atoms with Gasteiger partial charge in [-0.15, -0.1) is 0 Å². The Kier molecular flexibility index (Phi) is 5.04. The Morgan fingerprint density at radius 3 is 2.86 bits per heavy atom. The van der Waals surface area contributed by atoms with Crippen LogP contribution in [0.25, 0.3) is 0 Å². The van der Waals surface area contributed by atoms with Crippen LogP contribution >= 0.6 is 0 Å². The Morgan fingerprint density at radius 1 is 1.48 bits per heavy atom. The molecule has 3 unspecified atom stereocenters. The van der Waals surface area contributed by atoms with Crippen molar-refractivity contribution in [3.05, 3.63) is 17.8 Å². The van der Waals surface area contributed by atoms with E-state index >= 15 is 0 Å².